The zero-order valence-electron chi connectivity index (χ0n) is 13.9. The molecule has 1 aromatic heterocycles. The molecule has 6 nitrogen and oxygen atoms in total. The average Bonchev–Trinajstić information content (AvgIpc) is 3.08. The van der Waals surface area contributed by atoms with Crippen molar-refractivity contribution in [2.24, 2.45) is 0 Å². The monoisotopic (exact) mass is 329 g/mol. The number of carbonyl (C=O) groups is 1. The highest BCUT2D eigenvalue weighted by Crippen LogP contribution is 2.21. The number of hydrogen-bond acceptors (Lipinski definition) is 4. The van der Waals surface area contributed by atoms with Gasteiger partial charge in [0.05, 0.1) is 17.0 Å². The maximum atomic E-state index is 12.8. The normalized spacial score (nSPS) is 17.3. The van der Waals surface area contributed by atoms with Gasteiger partial charge in [-0.1, -0.05) is 13.0 Å². The first-order valence-corrected chi connectivity index (χ1v) is 8.43. The fraction of sp³-hybridized carbons (Fsp3) is 0.444. The smallest absolute Gasteiger partial charge is 0.256 e. The van der Waals surface area contributed by atoms with Gasteiger partial charge in [0.15, 0.2) is 0 Å². The van der Waals surface area contributed by atoms with Crippen molar-refractivity contribution in [3.63, 3.8) is 0 Å². The first kappa shape index (κ1) is 16.5. The molecule has 1 aromatic carbocycles. The first-order valence-electron chi connectivity index (χ1n) is 8.43. The zero-order chi connectivity index (χ0) is 17.1. The van der Waals surface area contributed by atoms with Gasteiger partial charge in [0, 0.05) is 31.6 Å². The Morgan fingerprint density at radius 3 is 3.00 bits per heavy atom. The van der Waals surface area contributed by atoms with E-state index in [2.05, 4.69) is 5.32 Å². The molecule has 6 heteroatoms. The molecule has 1 amide bonds. The van der Waals surface area contributed by atoms with Crippen LogP contribution in [-0.4, -0.2) is 29.7 Å². The highest BCUT2D eigenvalue weighted by atomic mass is 16.5. The van der Waals surface area contributed by atoms with Crippen LogP contribution in [0.4, 0.5) is 5.69 Å². The number of carbonyl (C=O) groups excluding carboxylic acids is 1. The van der Waals surface area contributed by atoms with Crippen LogP contribution < -0.4 is 16.5 Å². The van der Waals surface area contributed by atoms with E-state index < -0.39 is 0 Å². The van der Waals surface area contributed by atoms with Gasteiger partial charge < -0.3 is 20.4 Å². The van der Waals surface area contributed by atoms with Crippen molar-refractivity contribution in [3.05, 3.63) is 40.2 Å². The molecular weight excluding hydrogens is 306 g/mol. The van der Waals surface area contributed by atoms with Gasteiger partial charge >= 0.3 is 0 Å². The van der Waals surface area contributed by atoms with E-state index in [1.807, 2.05) is 23.6 Å². The molecule has 0 aliphatic carbocycles. The van der Waals surface area contributed by atoms with Crippen LogP contribution in [0.3, 0.4) is 0 Å². The number of fused-ring (bicyclic) bond motifs is 1. The molecule has 2 aromatic rings. The van der Waals surface area contributed by atoms with Crippen molar-refractivity contribution in [2.75, 3.05) is 18.9 Å². The van der Waals surface area contributed by atoms with Crippen LogP contribution in [0.2, 0.25) is 0 Å². The van der Waals surface area contributed by atoms with E-state index in [0.717, 1.165) is 31.4 Å². The van der Waals surface area contributed by atoms with Gasteiger partial charge in [0.2, 0.25) is 5.43 Å². The molecule has 128 valence electrons. The summed E-state index contributed by atoms with van der Waals surface area (Å²) in [5.41, 5.74) is 6.97. The molecule has 2 heterocycles. The molecule has 0 spiro atoms. The van der Waals surface area contributed by atoms with E-state index in [1.54, 1.807) is 12.3 Å². The molecule has 0 bridgehead atoms. The molecule has 0 saturated carbocycles. The summed E-state index contributed by atoms with van der Waals surface area (Å²) in [6.45, 7) is 3.86. The van der Waals surface area contributed by atoms with Crippen LogP contribution >= 0.6 is 0 Å². The van der Waals surface area contributed by atoms with Crippen LogP contribution in [0.25, 0.3) is 10.9 Å². The standard InChI is InChI=1S/C18H23N3O3/c1-2-8-20-18(23)13-11-21(10-12-5-4-9-24-12)15-7-3-6-14(19)16(15)17(13)22/h3,6-7,11-12H,2,4-5,8-10,19H2,1H3,(H,20,23). The Labute approximate surface area is 140 Å². The number of hydrogen-bond donors (Lipinski definition) is 2. The minimum atomic E-state index is -0.354. The van der Waals surface area contributed by atoms with Gasteiger partial charge in [-0.05, 0) is 31.4 Å². The number of rotatable bonds is 5. The maximum Gasteiger partial charge on any atom is 0.256 e. The highest BCUT2D eigenvalue weighted by molar-refractivity contribution is 6.00. The third kappa shape index (κ3) is 3.14. The summed E-state index contributed by atoms with van der Waals surface area (Å²) >= 11 is 0. The topological polar surface area (TPSA) is 86.3 Å². The summed E-state index contributed by atoms with van der Waals surface area (Å²) in [7, 11) is 0. The molecule has 1 aliphatic rings. The predicted molar refractivity (Wildman–Crippen MR) is 94.2 cm³/mol. The average molecular weight is 329 g/mol. The van der Waals surface area contributed by atoms with E-state index in [1.165, 1.54) is 0 Å². The maximum absolute atomic E-state index is 12.8. The molecule has 1 unspecified atom stereocenters. The fourth-order valence-electron chi connectivity index (χ4n) is 3.12. The summed E-state index contributed by atoms with van der Waals surface area (Å²) in [4.78, 5) is 25.1. The molecule has 0 radical (unpaired) electrons. The number of nitrogens with two attached hydrogens (primary N) is 1. The second kappa shape index (κ2) is 7.05. The van der Waals surface area contributed by atoms with Gasteiger partial charge in [0.25, 0.3) is 5.91 Å². The molecule has 1 atom stereocenters. The van der Waals surface area contributed by atoms with Crippen LogP contribution in [0, 0.1) is 0 Å². The van der Waals surface area contributed by atoms with Crippen molar-refractivity contribution < 1.29 is 9.53 Å². The van der Waals surface area contributed by atoms with Crippen molar-refractivity contribution in [1.29, 1.82) is 0 Å². The number of nitrogens with one attached hydrogen (secondary N) is 1. The summed E-state index contributed by atoms with van der Waals surface area (Å²) in [6, 6.07) is 5.36. The van der Waals surface area contributed by atoms with Crippen LogP contribution in [0.5, 0.6) is 0 Å². The Hall–Kier alpha value is -2.34. The minimum Gasteiger partial charge on any atom is -0.398 e. The van der Waals surface area contributed by atoms with Crippen LogP contribution in [0.1, 0.15) is 36.5 Å². The Morgan fingerprint density at radius 2 is 2.29 bits per heavy atom. The van der Waals surface area contributed by atoms with Gasteiger partial charge in [-0.25, -0.2) is 0 Å². The Balaban J connectivity index is 2.11. The third-order valence-electron chi connectivity index (χ3n) is 4.35. The number of ether oxygens (including phenoxy) is 1. The van der Waals surface area contributed by atoms with Crippen LogP contribution in [0.15, 0.2) is 29.2 Å². The van der Waals surface area contributed by atoms with E-state index in [0.29, 0.717) is 24.2 Å². The van der Waals surface area contributed by atoms with Crippen molar-refractivity contribution in [2.45, 2.75) is 38.8 Å². The lowest BCUT2D eigenvalue weighted by Gasteiger charge is -2.17. The summed E-state index contributed by atoms with van der Waals surface area (Å²) in [5, 5.41) is 3.17. The minimum absolute atomic E-state index is 0.101. The molecule has 1 aliphatic heterocycles. The van der Waals surface area contributed by atoms with Gasteiger partial charge in [-0.15, -0.1) is 0 Å². The van der Waals surface area contributed by atoms with E-state index in [4.69, 9.17) is 10.5 Å². The largest absolute Gasteiger partial charge is 0.398 e. The Kier molecular flexibility index (Phi) is 4.85. The lowest BCUT2D eigenvalue weighted by Crippen LogP contribution is -2.31. The highest BCUT2D eigenvalue weighted by Gasteiger charge is 2.20. The second-order valence-corrected chi connectivity index (χ2v) is 6.16. The van der Waals surface area contributed by atoms with Crippen molar-refractivity contribution >= 4 is 22.5 Å². The second-order valence-electron chi connectivity index (χ2n) is 6.16. The summed E-state index contributed by atoms with van der Waals surface area (Å²) < 4.78 is 7.62. The molecule has 3 rings (SSSR count). The number of anilines is 1. The zero-order valence-corrected chi connectivity index (χ0v) is 13.9. The molecule has 24 heavy (non-hydrogen) atoms. The van der Waals surface area contributed by atoms with E-state index in [-0.39, 0.29) is 23.0 Å². The fourth-order valence-corrected chi connectivity index (χ4v) is 3.12. The molecule has 3 N–H and O–H groups in total. The lowest BCUT2D eigenvalue weighted by molar-refractivity contribution is 0.0940. The van der Waals surface area contributed by atoms with Gasteiger partial charge in [0.1, 0.15) is 5.56 Å². The number of nitrogen functional groups attached to an aromatic ring is 1. The van der Waals surface area contributed by atoms with Crippen LogP contribution in [-0.2, 0) is 11.3 Å². The summed E-state index contributed by atoms with van der Waals surface area (Å²) in [5.74, 6) is -0.354. The number of benzene rings is 1. The number of amides is 1. The number of pyridine rings is 1. The first-order chi connectivity index (χ1) is 11.6. The van der Waals surface area contributed by atoms with E-state index in [9.17, 15) is 9.59 Å². The predicted octanol–water partition coefficient (Wildman–Crippen LogP) is 1.90. The van der Waals surface area contributed by atoms with Gasteiger partial charge in [-0.2, -0.15) is 0 Å². The SMILES string of the molecule is CCCNC(=O)c1cn(CC2CCCO2)c2cccc(N)c2c1=O. The van der Waals surface area contributed by atoms with Crippen molar-refractivity contribution in [1.82, 2.24) is 9.88 Å². The quantitative estimate of drug-likeness (QED) is 0.820. The number of aromatic nitrogens is 1. The Morgan fingerprint density at radius 1 is 1.46 bits per heavy atom. The lowest BCUT2D eigenvalue weighted by atomic mass is 10.1. The third-order valence-corrected chi connectivity index (χ3v) is 4.35. The molecule has 1 fully saturated rings. The summed E-state index contributed by atoms with van der Waals surface area (Å²) in [6.07, 6.45) is 4.56. The molecule has 1 saturated heterocycles. The van der Waals surface area contributed by atoms with E-state index >= 15 is 0 Å². The van der Waals surface area contributed by atoms with Crippen molar-refractivity contribution in [3.8, 4) is 0 Å². The van der Waals surface area contributed by atoms with Gasteiger partial charge in [-0.3, -0.25) is 9.59 Å². The number of nitrogens with zero attached hydrogens (tertiary/aromatic N) is 1. The molecular formula is C18H23N3O3. The Bertz CT molecular complexity index is 807.